The van der Waals surface area contributed by atoms with Gasteiger partial charge in [-0.2, -0.15) is 4.31 Å². The molecule has 1 aliphatic rings. The third-order valence-corrected chi connectivity index (χ3v) is 7.55. The minimum atomic E-state index is -3.59. The van der Waals surface area contributed by atoms with Gasteiger partial charge >= 0.3 is 0 Å². The van der Waals surface area contributed by atoms with E-state index in [4.69, 9.17) is 11.6 Å². The molecule has 1 atom stereocenters. The highest BCUT2D eigenvalue weighted by Gasteiger charge is 2.35. The average Bonchev–Trinajstić information content (AvgIpc) is 3.12. The first-order valence-corrected chi connectivity index (χ1v) is 11.7. The maximum absolute atomic E-state index is 13.2. The van der Waals surface area contributed by atoms with E-state index in [2.05, 4.69) is 5.32 Å². The lowest BCUT2D eigenvalue weighted by molar-refractivity contribution is -0.122. The number of carbonyl (C=O) groups excluding carboxylic acids is 2. The summed E-state index contributed by atoms with van der Waals surface area (Å²) in [6, 6.07) is 9.68. The molecule has 2 aromatic rings. The van der Waals surface area contributed by atoms with Crippen molar-refractivity contribution in [3.63, 3.8) is 0 Å². The van der Waals surface area contributed by atoms with Gasteiger partial charge in [0.05, 0.1) is 21.5 Å². The molecule has 0 bridgehead atoms. The number of anilines is 2. The molecule has 166 valence electrons. The van der Waals surface area contributed by atoms with Crippen LogP contribution in [0.2, 0.25) is 5.02 Å². The highest BCUT2D eigenvalue weighted by molar-refractivity contribution is 7.89. The Bertz CT molecular complexity index is 1090. The number of nitrogens with one attached hydrogen (secondary N) is 1. The van der Waals surface area contributed by atoms with Gasteiger partial charge in [-0.05, 0) is 42.5 Å². The fourth-order valence-corrected chi connectivity index (χ4v) is 5.14. The van der Waals surface area contributed by atoms with Crippen LogP contribution in [0.4, 0.5) is 15.8 Å². The smallest absolute Gasteiger partial charge is 0.243 e. The van der Waals surface area contributed by atoms with Crippen molar-refractivity contribution >= 4 is 44.8 Å². The van der Waals surface area contributed by atoms with Crippen molar-refractivity contribution in [1.82, 2.24) is 4.31 Å². The van der Waals surface area contributed by atoms with Crippen LogP contribution in [0.1, 0.15) is 20.3 Å². The van der Waals surface area contributed by atoms with Crippen LogP contribution in [0, 0.1) is 11.7 Å². The third kappa shape index (κ3) is 4.89. The summed E-state index contributed by atoms with van der Waals surface area (Å²) in [5.74, 6) is -1.78. The Labute approximate surface area is 185 Å². The molecular weight excluding hydrogens is 445 g/mol. The fourth-order valence-electron chi connectivity index (χ4n) is 3.47. The molecule has 2 amide bonds. The Morgan fingerprint density at radius 1 is 1.19 bits per heavy atom. The topological polar surface area (TPSA) is 86.8 Å². The van der Waals surface area contributed by atoms with Crippen LogP contribution in [-0.2, 0) is 19.6 Å². The Morgan fingerprint density at radius 2 is 1.84 bits per heavy atom. The van der Waals surface area contributed by atoms with Crippen molar-refractivity contribution < 1.29 is 22.4 Å². The van der Waals surface area contributed by atoms with Gasteiger partial charge in [-0.15, -0.1) is 0 Å². The highest BCUT2D eigenvalue weighted by atomic mass is 35.5. The number of rotatable bonds is 7. The number of amides is 2. The zero-order valence-corrected chi connectivity index (χ0v) is 18.7. The highest BCUT2D eigenvalue weighted by Crippen LogP contribution is 2.29. The molecule has 10 heteroatoms. The van der Waals surface area contributed by atoms with Gasteiger partial charge < -0.3 is 10.2 Å². The van der Waals surface area contributed by atoms with Crippen molar-refractivity contribution in [2.45, 2.75) is 25.2 Å². The summed E-state index contributed by atoms with van der Waals surface area (Å²) in [6.07, 6.45) is 0.00411. The summed E-state index contributed by atoms with van der Waals surface area (Å²) in [4.78, 5) is 26.6. The van der Waals surface area contributed by atoms with Gasteiger partial charge in [0.1, 0.15) is 5.82 Å². The van der Waals surface area contributed by atoms with E-state index in [9.17, 15) is 22.4 Å². The first-order chi connectivity index (χ1) is 14.7. The van der Waals surface area contributed by atoms with Gasteiger partial charge in [0.15, 0.2) is 0 Å². The summed E-state index contributed by atoms with van der Waals surface area (Å²) in [5, 5.41) is 2.69. The molecule has 0 spiro atoms. The first-order valence-electron chi connectivity index (χ1n) is 9.83. The van der Waals surface area contributed by atoms with E-state index in [-0.39, 0.29) is 34.5 Å². The van der Waals surface area contributed by atoms with Crippen LogP contribution in [0.3, 0.4) is 0 Å². The quantitative estimate of drug-likeness (QED) is 0.675. The summed E-state index contributed by atoms with van der Waals surface area (Å²) >= 11 is 5.94. The largest absolute Gasteiger partial charge is 0.324 e. The molecule has 31 heavy (non-hydrogen) atoms. The van der Waals surface area contributed by atoms with Crippen LogP contribution in [0.25, 0.3) is 0 Å². The molecule has 3 rings (SSSR count). The Morgan fingerprint density at radius 3 is 2.42 bits per heavy atom. The van der Waals surface area contributed by atoms with Crippen LogP contribution in [0.15, 0.2) is 47.4 Å². The maximum Gasteiger partial charge on any atom is 0.243 e. The molecule has 7 nitrogen and oxygen atoms in total. The molecular formula is C21H23ClFN3O4S. The second-order valence-corrected chi connectivity index (χ2v) is 9.45. The number of sulfonamides is 1. The Hall–Kier alpha value is -2.49. The lowest BCUT2D eigenvalue weighted by atomic mass is 10.1. The van der Waals surface area contributed by atoms with Crippen molar-refractivity contribution in [2.24, 2.45) is 5.92 Å². The van der Waals surface area contributed by atoms with Gasteiger partial charge in [0.2, 0.25) is 21.8 Å². The van der Waals surface area contributed by atoms with Gasteiger partial charge in [0, 0.05) is 31.7 Å². The minimum Gasteiger partial charge on any atom is -0.324 e. The van der Waals surface area contributed by atoms with E-state index in [0.29, 0.717) is 18.8 Å². The van der Waals surface area contributed by atoms with Crippen molar-refractivity contribution in [1.29, 1.82) is 0 Å². The van der Waals surface area contributed by atoms with Gasteiger partial charge in [0.25, 0.3) is 0 Å². The van der Waals surface area contributed by atoms with E-state index in [1.54, 1.807) is 26.0 Å². The number of nitrogens with zero attached hydrogens (tertiary/aromatic N) is 2. The first kappa shape index (κ1) is 23.2. The zero-order chi connectivity index (χ0) is 22.8. The number of hydrogen-bond acceptors (Lipinski definition) is 4. The van der Waals surface area contributed by atoms with E-state index < -0.39 is 27.7 Å². The van der Waals surface area contributed by atoms with Crippen LogP contribution in [0.5, 0.6) is 0 Å². The molecule has 1 aliphatic heterocycles. The number of halogens is 2. The lowest BCUT2D eigenvalue weighted by Gasteiger charge is -2.20. The predicted molar refractivity (Wildman–Crippen MR) is 117 cm³/mol. The molecule has 0 aliphatic carbocycles. The van der Waals surface area contributed by atoms with E-state index in [1.165, 1.54) is 33.5 Å². The fraction of sp³-hybridized carbons (Fsp3) is 0.333. The Kier molecular flexibility index (Phi) is 6.98. The number of hydrogen-bond donors (Lipinski definition) is 1. The molecule has 1 N–H and O–H groups in total. The second kappa shape index (κ2) is 9.33. The van der Waals surface area contributed by atoms with Crippen molar-refractivity contribution in [3.05, 3.63) is 53.3 Å². The third-order valence-electron chi connectivity index (χ3n) is 5.18. The van der Waals surface area contributed by atoms with Crippen LogP contribution >= 0.6 is 11.6 Å². The van der Waals surface area contributed by atoms with E-state index in [1.807, 2.05) is 0 Å². The molecule has 1 fully saturated rings. The molecule has 2 aromatic carbocycles. The monoisotopic (exact) mass is 467 g/mol. The molecule has 0 saturated carbocycles. The number of benzene rings is 2. The van der Waals surface area contributed by atoms with Gasteiger partial charge in [-0.25, -0.2) is 12.8 Å². The molecule has 1 saturated heterocycles. The Balaban J connectivity index is 1.72. The maximum atomic E-state index is 13.2. The van der Waals surface area contributed by atoms with E-state index in [0.717, 1.165) is 6.07 Å². The molecule has 0 radical (unpaired) electrons. The molecule has 1 heterocycles. The van der Waals surface area contributed by atoms with Crippen LogP contribution < -0.4 is 10.2 Å². The van der Waals surface area contributed by atoms with Crippen molar-refractivity contribution in [3.8, 4) is 0 Å². The summed E-state index contributed by atoms with van der Waals surface area (Å²) in [5.41, 5.74) is 0.781. The molecule has 1 unspecified atom stereocenters. The predicted octanol–water partition coefficient (Wildman–Crippen LogP) is 3.50. The van der Waals surface area contributed by atoms with Gasteiger partial charge in [-0.3, -0.25) is 9.59 Å². The second-order valence-electron chi connectivity index (χ2n) is 7.10. The van der Waals surface area contributed by atoms with Gasteiger partial charge in [-0.1, -0.05) is 25.4 Å². The normalized spacial score (nSPS) is 16.7. The van der Waals surface area contributed by atoms with Crippen molar-refractivity contribution in [2.75, 3.05) is 29.9 Å². The summed E-state index contributed by atoms with van der Waals surface area (Å²) in [6.45, 7) is 4.40. The lowest BCUT2D eigenvalue weighted by Crippen LogP contribution is -2.31. The molecule has 0 aromatic heterocycles. The summed E-state index contributed by atoms with van der Waals surface area (Å²) < 4.78 is 39.8. The summed E-state index contributed by atoms with van der Waals surface area (Å²) in [7, 11) is -3.59. The van der Waals surface area contributed by atoms with Crippen LogP contribution in [-0.4, -0.2) is 44.2 Å². The minimum absolute atomic E-state index is 0.00411. The SMILES string of the molecule is CCN(CC)S(=O)(=O)c1ccc(N2CC(C(=O)Nc3ccc(F)cc3Cl)CC2=O)cc1. The van der Waals surface area contributed by atoms with E-state index >= 15 is 0 Å². The average molecular weight is 468 g/mol. The number of carbonyl (C=O) groups is 2. The zero-order valence-electron chi connectivity index (χ0n) is 17.1. The standard InChI is InChI=1S/C21H23ClFN3O4S/c1-3-25(4-2)31(29,30)17-8-6-16(7-9-17)26-13-14(11-20(26)27)21(28)24-19-10-5-15(23)12-18(19)22/h5-10,12,14H,3-4,11,13H2,1-2H3,(H,24,28).